The molecule has 0 N–H and O–H groups in total. The summed E-state index contributed by atoms with van der Waals surface area (Å²) < 4.78 is 5.80. The number of hydrogen-bond acceptors (Lipinski definition) is 1. The van der Waals surface area contributed by atoms with Gasteiger partial charge in [0.05, 0.1) is 11.6 Å². The highest BCUT2D eigenvalue weighted by atomic mass is 79.9. The molecule has 0 aliphatic rings. The van der Waals surface area contributed by atoms with Crippen LogP contribution in [-0.4, -0.2) is 6.61 Å². The molecular formula is C15H22BrClO. The zero-order chi connectivity index (χ0) is 13.2. The normalized spacial score (nSPS) is 10.6. The number of alkyl halides is 1. The lowest BCUT2D eigenvalue weighted by molar-refractivity contribution is 0.302. The maximum atomic E-state index is 6.14. The Balaban J connectivity index is 2.26. The predicted octanol–water partition coefficient (Wildman–Crippen LogP) is 5.97. The van der Waals surface area contributed by atoms with E-state index >= 15 is 0 Å². The van der Waals surface area contributed by atoms with Gasteiger partial charge in [-0.3, -0.25) is 0 Å². The van der Waals surface area contributed by atoms with E-state index in [1.165, 1.54) is 32.1 Å². The molecule has 0 amide bonds. The number of benzene rings is 1. The van der Waals surface area contributed by atoms with Gasteiger partial charge in [0.1, 0.15) is 5.75 Å². The minimum atomic E-state index is 0.706. The van der Waals surface area contributed by atoms with Gasteiger partial charge in [0.25, 0.3) is 0 Å². The van der Waals surface area contributed by atoms with Gasteiger partial charge in [-0.2, -0.15) is 0 Å². The van der Waals surface area contributed by atoms with E-state index in [4.69, 9.17) is 16.3 Å². The van der Waals surface area contributed by atoms with Gasteiger partial charge in [0.2, 0.25) is 0 Å². The van der Waals surface area contributed by atoms with E-state index in [0.29, 0.717) is 5.02 Å². The average Bonchev–Trinajstić information content (AvgIpc) is 2.39. The third kappa shape index (κ3) is 5.62. The highest BCUT2D eigenvalue weighted by Gasteiger charge is 2.06. The SMILES string of the molecule is CCCCCCCCOc1c(Cl)cccc1CBr. The summed E-state index contributed by atoms with van der Waals surface area (Å²) in [5.41, 5.74) is 1.12. The highest BCUT2D eigenvalue weighted by molar-refractivity contribution is 9.08. The largest absolute Gasteiger partial charge is 0.492 e. The molecule has 0 saturated heterocycles. The van der Waals surface area contributed by atoms with Crippen LogP contribution in [0, 0.1) is 0 Å². The lowest BCUT2D eigenvalue weighted by Crippen LogP contribution is -2.00. The van der Waals surface area contributed by atoms with Crippen LogP contribution in [0.4, 0.5) is 0 Å². The Morgan fingerprint density at radius 2 is 1.83 bits per heavy atom. The van der Waals surface area contributed by atoms with Crippen LogP contribution in [0.25, 0.3) is 0 Å². The Hall–Kier alpha value is -0.210. The molecule has 1 rings (SSSR count). The monoisotopic (exact) mass is 332 g/mol. The molecule has 0 atom stereocenters. The highest BCUT2D eigenvalue weighted by Crippen LogP contribution is 2.30. The van der Waals surface area contributed by atoms with Crippen LogP contribution in [0.1, 0.15) is 51.0 Å². The Morgan fingerprint density at radius 1 is 1.11 bits per heavy atom. The van der Waals surface area contributed by atoms with Gasteiger partial charge in [-0.05, 0) is 12.5 Å². The van der Waals surface area contributed by atoms with Crippen LogP contribution >= 0.6 is 27.5 Å². The molecule has 0 fully saturated rings. The van der Waals surface area contributed by atoms with Gasteiger partial charge in [0.15, 0.2) is 0 Å². The van der Waals surface area contributed by atoms with Crippen molar-refractivity contribution < 1.29 is 4.74 Å². The minimum Gasteiger partial charge on any atom is -0.492 e. The van der Waals surface area contributed by atoms with Crippen molar-refractivity contribution in [2.45, 2.75) is 50.8 Å². The summed E-state index contributed by atoms with van der Waals surface area (Å²) >= 11 is 9.60. The van der Waals surface area contributed by atoms with Crippen molar-refractivity contribution in [2.75, 3.05) is 6.61 Å². The van der Waals surface area contributed by atoms with E-state index in [2.05, 4.69) is 22.9 Å². The molecule has 3 heteroatoms. The second-order valence-corrected chi connectivity index (χ2v) is 5.45. The molecule has 0 heterocycles. The van der Waals surface area contributed by atoms with Gasteiger partial charge >= 0.3 is 0 Å². The van der Waals surface area contributed by atoms with Gasteiger partial charge in [0, 0.05) is 10.9 Å². The predicted molar refractivity (Wildman–Crippen MR) is 83.0 cm³/mol. The third-order valence-corrected chi connectivity index (χ3v) is 3.84. The molecular weight excluding hydrogens is 312 g/mol. The minimum absolute atomic E-state index is 0.706. The molecule has 0 saturated carbocycles. The van der Waals surface area contributed by atoms with E-state index in [1.54, 1.807) is 0 Å². The van der Waals surface area contributed by atoms with Crippen molar-refractivity contribution in [1.82, 2.24) is 0 Å². The van der Waals surface area contributed by atoms with Crippen molar-refractivity contribution in [1.29, 1.82) is 0 Å². The molecule has 0 bridgehead atoms. The van der Waals surface area contributed by atoms with Gasteiger partial charge < -0.3 is 4.74 Å². The van der Waals surface area contributed by atoms with E-state index in [0.717, 1.165) is 29.7 Å². The van der Waals surface area contributed by atoms with Crippen molar-refractivity contribution in [2.24, 2.45) is 0 Å². The molecule has 1 aromatic carbocycles. The van der Waals surface area contributed by atoms with Crippen LogP contribution in [0.15, 0.2) is 18.2 Å². The Morgan fingerprint density at radius 3 is 2.56 bits per heavy atom. The number of ether oxygens (including phenoxy) is 1. The van der Waals surface area contributed by atoms with E-state index in [1.807, 2.05) is 18.2 Å². The quantitative estimate of drug-likeness (QED) is 0.399. The fourth-order valence-corrected chi connectivity index (χ4v) is 2.57. The van der Waals surface area contributed by atoms with Gasteiger partial charge in [-0.25, -0.2) is 0 Å². The molecule has 1 aromatic rings. The van der Waals surface area contributed by atoms with Crippen LogP contribution in [-0.2, 0) is 5.33 Å². The summed E-state index contributed by atoms with van der Waals surface area (Å²) in [6.07, 6.45) is 7.65. The first-order valence-corrected chi connectivity index (χ1v) is 8.25. The van der Waals surface area contributed by atoms with E-state index in [-0.39, 0.29) is 0 Å². The molecule has 0 radical (unpaired) electrons. The van der Waals surface area contributed by atoms with E-state index in [9.17, 15) is 0 Å². The molecule has 0 aliphatic heterocycles. The fourth-order valence-electron chi connectivity index (χ4n) is 1.88. The second-order valence-electron chi connectivity index (χ2n) is 4.48. The summed E-state index contributed by atoms with van der Waals surface area (Å²) in [5.74, 6) is 0.838. The second kappa shape index (κ2) is 9.69. The molecule has 0 spiro atoms. The average molecular weight is 334 g/mol. The molecule has 0 aliphatic carbocycles. The standard InChI is InChI=1S/C15H22BrClO/c1-2-3-4-5-6-7-11-18-15-13(12-16)9-8-10-14(15)17/h8-10H,2-7,11-12H2,1H3. The first-order chi connectivity index (χ1) is 8.79. The van der Waals surface area contributed by atoms with Crippen molar-refractivity contribution in [3.05, 3.63) is 28.8 Å². The molecule has 0 unspecified atom stereocenters. The van der Waals surface area contributed by atoms with Crippen LogP contribution in [0.5, 0.6) is 5.75 Å². The lowest BCUT2D eigenvalue weighted by atomic mass is 10.1. The van der Waals surface area contributed by atoms with Crippen LogP contribution in [0.2, 0.25) is 5.02 Å². The Bertz CT molecular complexity index is 341. The topological polar surface area (TPSA) is 9.23 Å². The maximum Gasteiger partial charge on any atom is 0.141 e. The summed E-state index contributed by atoms with van der Waals surface area (Å²) in [7, 11) is 0. The Kier molecular flexibility index (Phi) is 8.53. The smallest absolute Gasteiger partial charge is 0.141 e. The first kappa shape index (κ1) is 15.8. The zero-order valence-corrected chi connectivity index (χ0v) is 13.4. The van der Waals surface area contributed by atoms with Crippen LogP contribution in [0.3, 0.4) is 0 Å². The first-order valence-electron chi connectivity index (χ1n) is 6.75. The Labute approximate surface area is 124 Å². The lowest BCUT2D eigenvalue weighted by Gasteiger charge is -2.11. The summed E-state index contributed by atoms with van der Waals surface area (Å²) in [5, 5.41) is 1.48. The maximum absolute atomic E-state index is 6.14. The van der Waals surface area contributed by atoms with Gasteiger partial charge in [-0.1, -0.05) is 78.7 Å². The molecule has 0 aromatic heterocycles. The third-order valence-electron chi connectivity index (χ3n) is 2.94. The van der Waals surface area contributed by atoms with Crippen molar-refractivity contribution in [3.8, 4) is 5.75 Å². The van der Waals surface area contributed by atoms with Crippen molar-refractivity contribution in [3.63, 3.8) is 0 Å². The van der Waals surface area contributed by atoms with Gasteiger partial charge in [-0.15, -0.1) is 0 Å². The zero-order valence-electron chi connectivity index (χ0n) is 11.1. The molecule has 102 valence electrons. The van der Waals surface area contributed by atoms with Crippen molar-refractivity contribution >= 4 is 27.5 Å². The van der Waals surface area contributed by atoms with Crippen LogP contribution < -0.4 is 4.74 Å². The number of hydrogen-bond donors (Lipinski definition) is 0. The number of unbranched alkanes of at least 4 members (excludes halogenated alkanes) is 5. The summed E-state index contributed by atoms with van der Waals surface area (Å²) in [6, 6.07) is 5.87. The summed E-state index contributed by atoms with van der Waals surface area (Å²) in [6.45, 7) is 3.00. The molecule has 1 nitrogen and oxygen atoms in total. The molecule has 18 heavy (non-hydrogen) atoms. The number of para-hydroxylation sites is 1. The van der Waals surface area contributed by atoms with E-state index < -0.39 is 0 Å². The summed E-state index contributed by atoms with van der Waals surface area (Å²) in [4.78, 5) is 0. The number of rotatable bonds is 9. The number of halogens is 2. The fraction of sp³-hybridized carbons (Fsp3) is 0.600.